The third-order valence-corrected chi connectivity index (χ3v) is 4.57. The third kappa shape index (κ3) is 7.25. The van der Waals surface area contributed by atoms with Crippen LogP contribution in [0.5, 0.6) is 0 Å². The zero-order valence-electron chi connectivity index (χ0n) is 15.4. The van der Waals surface area contributed by atoms with Crippen LogP contribution in [-0.4, -0.2) is 32.0 Å². The van der Waals surface area contributed by atoms with Crippen molar-refractivity contribution >= 4 is 35.8 Å². The van der Waals surface area contributed by atoms with Crippen molar-refractivity contribution in [3.05, 3.63) is 24.2 Å². The number of carbonyl (C=O) groups is 1. The van der Waals surface area contributed by atoms with Crippen molar-refractivity contribution in [2.24, 2.45) is 16.3 Å². The highest BCUT2D eigenvalue weighted by Gasteiger charge is 2.37. The van der Waals surface area contributed by atoms with Gasteiger partial charge in [-0.2, -0.15) is 0 Å². The van der Waals surface area contributed by atoms with Crippen LogP contribution in [0.3, 0.4) is 0 Å². The molecular formula is C18H31IN4O2. The molecule has 0 aliphatic heterocycles. The summed E-state index contributed by atoms with van der Waals surface area (Å²) in [7, 11) is 1.73. The molecular weight excluding hydrogens is 431 g/mol. The first-order chi connectivity index (χ1) is 11.5. The molecule has 7 heteroatoms. The van der Waals surface area contributed by atoms with E-state index in [-0.39, 0.29) is 36.4 Å². The Morgan fingerprint density at radius 3 is 2.60 bits per heavy atom. The van der Waals surface area contributed by atoms with Gasteiger partial charge in [-0.05, 0) is 42.7 Å². The molecule has 0 radical (unpaired) electrons. The standard InChI is InChI=1S/C18H30N4O2.HI/c1-14(2)10-18(7-5-8-18)13-22-17(19-3)21-12-16(23)20-11-15-6-4-9-24-15;/h4,6,9,14H,5,7-8,10-13H2,1-3H3,(H,20,23)(H2,19,21,22);1H. The molecule has 2 rings (SSSR count). The Balaban J connectivity index is 0.00000312. The lowest BCUT2D eigenvalue weighted by atomic mass is 9.64. The number of nitrogens with zero attached hydrogens (tertiary/aromatic N) is 1. The van der Waals surface area contributed by atoms with E-state index in [1.54, 1.807) is 19.4 Å². The van der Waals surface area contributed by atoms with Gasteiger partial charge < -0.3 is 20.4 Å². The molecule has 0 atom stereocenters. The summed E-state index contributed by atoms with van der Waals surface area (Å²) in [6.45, 7) is 6.06. The molecule has 0 aromatic carbocycles. The maximum absolute atomic E-state index is 11.9. The van der Waals surface area contributed by atoms with Crippen LogP contribution in [0.15, 0.2) is 27.8 Å². The number of hydrogen-bond acceptors (Lipinski definition) is 3. The lowest BCUT2D eigenvalue weighted by Crippen LogP contribution is -2.48. The maximum atomic E-state index is 11.9. The lowest BCUT2D eigenvalue weighted by Gasteiger charge is -2.43. The maximum Gasteiger partial charge on any atom is 0.239 e. The van der Waals surface area contributed by atoms with Gasteiger partial charge in [-0.3, -0.25) is 9.79 Å². The predicted octanol–water partition coefficient (Wildman–Crippen LogP) is 2.90. The second-order valence-corrected chi connectivity index (χ2v) is 7.09. The molecule has 0 bridgehead atoms. The molecule has 1 amide bonds. The molecule has 1 aromatic heterocycles. The second-order valence-electron chi connectivity index (χ2n) is 7.09. The average molecular weight is 462 g/mol. The molecule has 1 aliphatic carbocycles. The first-order valence-corrected chi connectivity index (χ1v) is 8.77. The summed E-state index contributed by atoms with van der Waals surface area (Å²) in [4.78, 5) is 16.1. The van der Waals surface area contributed by atoms with E-state index in [9.17, 15) is 4.79 Å². The van der Waals surface area contributed by atoms with E-state index in [4.69, 9.17) is 4.42 Å². The van der Waals surface area contributed by atoms with E-state index >= 15 is 0 Å². The van der Waals surface area contributed by atoms with Crippen molar-refractivity contribution < 1.29 is 9.21 Å². The number of nitrogens with one attached hydrogen (secondary N) is 3. The van der Waals surface area contributed by atoms with Crippen LogP contribution in [0.2, 0.25) is 0 Å². The van der Waals surface area contributed by atoms with E-state index in [1.165, 1.54) is 25.7 Å². The Kier molecular flexibility index (Phi) is 9.31. The molecule has 0 spiro atoms. The highest BCUT2D eigenvalue weighted by molar-refractivity contribution is 14.0. The van der Waals surface area contributed by atoms with Crippen LogP contribution < -0.4 is 16.0 Å². The van der Waals surface area contributed by atoms with Crippen molar-refractivity contribution in [3.8, 4) is 0 Å². The Morgan fingerprint density at radius 2 is 2.08 bits per heavy atom. The van der Waals surface area contributed by atoms with Crippen LogP contribution in [0, 0.1) is 11.3 Å². The number of guanidine groups is 1. The number of hydrogen-bond donors (Lipinski definition) is 3. The molecule has 0 unspecified atom stereocenters. The van der Waals surface area contributed by atoms with Gasteiger partial charge in [0.05, 0.1) is 19.4 Å². The number of halogens is 1. The molecule has 1 saturated carbocycles. The summed E-state index contributed by atoms with van der Waals surface area (Å²) < 4.78 is 5.19. The van der Waals surface area contributed by atoms with Gasteiger partial charge in [0.2, 0.25) is 5.91 Å². The fraction of sp³-hybridized carbons (Fsp3) is 0.667. The zero-order valence-corrected chi connectivity index (χ0v) is 17.8. The van der Waals surface area contributed by atoms with Crippen LogP contribution >= 0.6 is 24.0 Å². The average Bonchev–Trinajstić information content (AvgIpc) is 3.03. The van der Waals surface area contributed by atoms with E-state index in [0.717, 1.165) is 12.3 Å². The van der Waals surface area contributed by atoms with Gasteiger partial charge in [0.15, 0.2) is 5.96 Å². The van der Waals surface area contributed by atoms with Gasteiger partial charge in [0.25, 0.3) is 0 Å². The molecule has 1 heterocycles. The fourth-order valence-electron chi connectivity index (χ4n) is 3.31. The predicted molar refractivity (Wildman–Crippen MR) is 111 cm³/mol. The molecule has 1 aromatic rings. The fourth-order valence-corrected chi connectivity index (χ4v) is 3.31. The Bertz CT molecular complexity index is 539. The number of carbonyl (C=O) groups excluding carboxylic acids is 1. The van der Waals surface area contributed by atoms with Crippen LogP contribution in [-0.2, 0) is 11.3 Å². The summed E-state index contributed by atoms with van der Waals surface area (Å²) in [5.41, 5.74) is 0.396. The Labute approximate surface area is 167 Å². The highest BCUT2D eigenvalue weighted by Crippen LogP contribution is 2.45. The Hall–Kier alpha value is -1.25. The third-order valence-electron chi connectivity index (χ3n) is 4.57. The highest BCUT2D eigenvalue weighted by atomic mass is 127. The zero-order chi connectivity index (χ0) is 17.4. The van der Waals surface area contributed by atoms with Crippen molar-refractivity contribution in [2.45, 2.75) is 46.1 Å². The van der Waals surface area contributed by atoms with Crippen LogP contribution in [0.25, 0.3) is 0 Å². The lowest BCUT2D eigenvalue weighted by molar-refractivity contribution is -0.120. The molecule has 0 saturated heterocycles. The van der Waals surface area contributed by atoms with Gasteiger partial charge in [0, 0.05) is 13.6 Å². The van der Waals surface area contributed by atoms with Crippen molar-refractivity contribution in [1.29, 1.82) is 0 Å². The number of furan rings is 1. The molecule has 25 heavy (non-hydrogen) atoms. The minimum absolute atomic E-state index is 0. The largest absolute Gasteiger partial charge is 0.467 e. The molecule has 142 valence electrons. The summed E-state index contributed by atoms with van der Waals surface area (Å²) in [6, 6.07) is 3.64. The van der Waals surface area contributed by atoms with Crippen molar-refractivity contribution in [1.82, 2.24) is 16.0 Å². The number of amides is 1. The van der Waals surface area contributed by atoms with Gasteiger partial charge in [-0.15, -0.1) is 24.0 Å². The summed E-state index contributed by atoms with van der Waals surface area (Å²) in [5, 5.41) is 9.26. The summed E-state index contributed by atoms with van der Waals surface area (Å²) in [5.74, 6) is 2.04. The monoisotopic (exact) mass is 462 g/mol. The SMILES string of the molecule is CN=C(NCC(=O)NCc1ccco1)NCC1(CC(C)C)CCC1.I. The van der Waals surface area contributed by atoms with Crippen LogP contribution in [0.1, 0.15) is 45.3 Å². The van der Waals surface area contributed by atoms with E-state index < -0.39 is 0 Å². The smallest absolute Gasteiger partial charge is 0.239 e. The van der Waals surface area contributed by atoms with E-state index in [1.807, 2.05) is 6.07 Å². The molecule has 3 N–H and O–H groups in total. The molecule has 1 fully saturated rings. The first-order valence-electron chi connectivity index (χ1n) is 8.77. The first kappa shape index (κ1) is 21.8. The molecule has 1 aliphatic rings. The van der Waals surface area contributed by atoms with Gasteiger partial charge >= 0.3 is 0 Å². The number of aliphatic imine (C=N–C) groups is 1. The summed E-state index contributed by atoms with van der Waals surface area (Å²) in [6.07, 6.45) is 6.70. The van der Waals surface area contributed by atoms with E-state index in [0.29, 0.717) is 23.8 Å². The van der Waals surface area contributed by atoms with Crippen molar-refractivity contribution in [3.63, 3.8) is 0 Å². The van der Waals surface area contributed by atoms with Gasteiger partial charge in [0.1, 0.15) is 5.76 Å². The normalized spacial score (nSPS) is 15.9. The molecule has 6 nitrogen and oxygen atoms in total. The van der Waals surface area contributed by atoms with Crippen LogP contribution in [0.4, 0.5) is 0 Å². The minimum atomic E-state index is -0.0881. The quantitative estimate of drug-likeness (QED) is 0.316. The minimum Gasteiger partial charge on any atom is -0.467 e. The van der Waals surface area contributed by atoms with E-state index in [2.05, 4.69) is 34.8 Å². The van der Waals surface area contributed by atoms with Gasteiger partial charge in [-0.25, -0.2) is 0 Å². The van der Waals surface area contributed by atoms with Gasteiger partial charge in [-0.1, -0.05) is 20.3 Å². The second kappa shape index (κ2) is 10.7. The number of rotatable bonds is 8. The Morgan fingerprint density at radius 1 is 1.32 bits per heavy atom. The van der Waals surface area contributed by atoms with Crippen molar-refractivity contribution in [2.75, 3.05) is 20.1 Å². The summed E-state index contributed by atoms with van der Waals surface area (Å²) >= 11 is 0. The topological polar surface area (TPSA) is 78.7 Å².